The number of carbonyl (C=O) groups excluding carboxylic acids is 2. The number of nitrogens with one attached hydrogen (secondary N) is 1. The molecule has 0 saturated carbocycles. The van der Waals surface area contributed by atoms with Gasteiger partial charge in [-0.15, -0.1) is 0 Å². The van der Waals surface area contributed by atoms with Crippen LogP contribution in [0.15, 0.2) is 30.3 Å². The first kappa shape index (κ1) is 15.5. The number of methoxy groups -OCH3 is 1. The molecule has 5 nitrogen and oxygen atoms in total. The molecule has 0 bridgehead atoms. The van der Waals surface area contributed by atoms with Crippen molar-refractivity contribution in [2.24, 2.45) is 0 Å². The van der Waals surface area contributed by atoms with Gasteiger partial charge in [0.25, 0.3) is 5.91 Å². The minimum Gasteiger partial charge on any atom is -0.379 e. The van der Waals surface area contributed by atoms with Gasteiger partial charge >= 0.3 is 6.03 Å². The van der Waals surface area contributed by atoms with Crippen molar-refractivity contribution < 1.29 is 14.3 Å². The van der Waals surface area contributed by atoms with Gasteiger partial charge in [0.05, 0.1) is 5.60 Å². The van der Waals surface area contributed by atoms with Crippen LogP contribution in [0, 0.1) is 0 Å². The van der Waals surface area contributed by atoms with E-state index in [1.807, 2.05) is 44.2 Å². The number of nitrogens with zero attached hydrogens (tertiary/aromatic N) is 1. The Bertz CT molecular complexity index is 542. The van der Waals surface area contributed by atoms with Gasteiger partial charge in [-0.05, 0) is 32.8 Å². The van der Waals surface area contributed by atoms with Crippen LogP contribution in [0.5, 0.6) is 0 Å². The maximum absolute atomic E-state index is 12.3. The lowest BCUT2D eigenvalue weighted by atomic mass is 9.90. The number of amides is 3. The summed E-state index contributed by atoms with van der Waals surface area (Å²) in [6.45, 7) is 6.15. The van der Waals surface area contributed by atoms with Crippen molar-refractivity contribution in [3.05, 3.63) is 35.9 Å². The van der Waals surface area contributed by atoms with Crippen LogP contribution in [0.3, 0.4) is 0 Å². The molecule has 21 heavy (non-hydrogen) atoms. The number of carbonyl (C=O) groups is 2. The van der Waals surface area contributed by atoms with E-state index in [0.717, 1.165) is 5.56 Å². The molecule has 1 saturated heterocycles. The molecule has 5 heteroatoms. The Labute approximate surface area is 125 Å². The second-order valence-corrected chi connectivity index (χ2v) is 6.06. The maximum Gasteiger partial charge on any atom is 0.325 e. The van der Waals surface area contributed by atoms with E-state index in [1.165, 1.54) is 0 Å². The van der Waals surface area contributed by atoms with Crippen molar-refractivity contribution in [3.8, 4) is 0 Å². The van der Waals surface area contributed by atoms with Gasteiger partial charge in [-0.25, -0.2) is 4.79 Å². The highest BCUT2D eigenvalue weighted by atomic mass is 16.5. The molecule has 1 atom stereocenters. The lowest BCUT2D eigenvalue weighted by Gasteiger charge is -2.34. The summed E-state index contributed by atoms with van der Waals surface area (Å²) in [7, 11) is 1.64. The zero-order valence-corrected chi connectivity index (χ0v) is 13.0. The highest BCUT2D eigenvalue weighted by molar-refractivity contribution is 6.07. The van der Waals surface area contributed by atoms with Crippen LogP contribution in [-0.4, -0.2) is 36.1 Å². The van der Waals surface area contributed by atoms with E-state index in [0.29, 0.717) is 13.0 Å². The SMILES string of the molecule is COC(C)(C)CCN1C(=O)NC(=O)C1(C)c1ccccc1. The molecule has 3 amide bonds. The number of imide groups is 1. The third-order valence-electron chi connectivity index (χ3n) is 4.27. The van der Waals surface area contributed by atoms with Gasteiger partial charge in [-0.3, -0.25) is 10.1 Å². The molecule has 1 heterocycles. The molecule has 114 valence electrons. The monoisotopic (exact) mass is 290 g/mol. The molecule has 2 rings (SSSR count). The first-order chi connectivity index (χ1) is 9.81. The maximum atomic E-state index is 12.3. The summed E-state index contributed by atoms with van der Waals surface area (Å²) >= 11 is 0. The van der Waals surface area contributed by atoms with E-state index >= 15 is 0 Å². The first-order valence-corrected chi connectivity index (χ1v) is 7.05. The topological polar surface area (TPSA) is 58.6 Å². The van der Waals surface area contributed by atoms with E-state index in [9.17, 15) is 9.59 Å². The normalized spacial score (nSPS) is 22.6. The van der Waals surface area contributed by atoms with Gasteiger partial charge in [0.2, 0.25) is 0 Å². The van der Waals surface area contributed by atoms with Crippen LogP contribution in [0.1, 0.15) is 32.8 Å². The summed E-state index contributed by atoms with van der Waals surface area (Å²) in [6, 6.07) is 9.01. The summed E-state index contributed by atoms with van der Waals surface area (Å²) in [5.74, 6) is -0.283. The number of hydrogen-bond donors (Lipinski definition) is 1. The number of benzene rings is 1. The predicted molar refractivity (Wildman–Crippen MR) is 79.7 cm³/mol. The van der Waals surface area contributed by atoms with Gasteiger partial charge in [-0.2, -0.15) is 0 Å². The Hall–Kier alpha value is -1.88. The second kappa shape index (κ2) is 5.48. The number of urea groups is 1. The molecule has 0 aliphatic carbocycles. The van der Waals surface area contributed by atoms with E-state index in [2.05, 4.69) is 5.32 Å². The molecule has 0 aromatic heterocycles. The lowest BCUT2D eigenvalue weighted by Crippen LogP contribution is -2.46. The number of hydrogen-bond acceptors (Lipinski definition) is 3. The van der Waals surface area contributed by atoms with Crippen LogP contribution < -0.4 is 5.32 Å². The van der Waals surface area contributed by atoms with E-state index in [1.54, 1.807) is 18.9 Å². The van der Waals surface area contributed by atoms with E-state index < -0.39 is 5.54 Å². The minimum absolute atomic E-state index is 0.283. The fraction of sp³-hybridized carbons (Fsp3) is 0.500. The zero-order chi connectivity index (χ0) is 15.7. The van der Waals surface area contributed by atoms with Crippen LogP contribution in [0.25, 0.3) is 0 Å². The molecule has 0 radical (unpaired) electrons. The third kappa shape index (κ3) is 2.78. The van der Waals surface area contributed by atoms with Crippen molar-refractivity contribution in [2.75, 3.05) is 13.7 Å². The van der Waals surface area contributed by atoms with Gasteiger partial charge in [-0.1, -0.05) is 30.3 Å². The quantitative estimate of drug-likeness (QED) is 0.846. The summed E-state index contributed by atoms with van der Waals surface area (Å²) < 4.78 is 5.39. The molecule has 1 aromatic carbocycles. The van der Waals surface area contributed by atoms with E-state index in [4.69, 9.17) is 4.74 Å². The van der Waals surface area contributed by atoms with Gasteiger partial charge in [0, 0.05) is 13.7 Å². The summed E-state index contributed by atoms with van der Waals surface area (Å²) in [5.41, 5.74) is -0.505. The number of rotatable bonds is 5. The smallest absolute Gasteiger partial charge is 0.325 e. The van der Waals surface area contributed by atoms with Gasteiger partial charge in [0.15, 0.2) is 0 Å². The Kier molecular flexibility index (Phi) is 4.05. The Morgan fingerprint density at radius 1 is 1.24 bits per heavy atom. The fourth-order valence-electron chi connectivity index (χ4n) is 2.47. The molecule has 1 aliphatic rings. The van der Waals surface area contributed by atoms with Crippen LogP contribution >= 0.6 is 0 Å². The van der Waals surface area contributed by atoms with Gasteiger partial charge < -0.3 is 9.64 Å². The van der Waals surface area contributed by atoms with Crippen molar-refractivity contribution in [1.82, 2.24) is 10.2 Å². The molecular weight excluding hydrogens is 268 g/mol. The minimum atomic E-state index is -0.970. The predicted octanol–water partition coefficient (Wildman–Crippen LogP) is 2.27. The second-order valence-electron chi connectivity index (χ2n) is 6.06. The van der Waals surface area contributed by atoms with Crippen LogP contribution in [-0.2, 0) is 15.1 Å². The Balaban J connectivity index is 2.29. The lowest BCUT2D eigenvalue weighted by molar-refractivity contribution is -0.126. The van der Waals surface area contributed by atoms with Crippen molar-refractivity contribution in [1.29, 1.82) is 0 Å². The van der Waals surface area contributed by atoms with Gasteiger partial charge in [0.1, 0.15) is 5.54 Å². The first-order valence-electron chi connectivity index (χ1n) is 7.05. The van der Waals surface area contributed by atoms with Crippen molar-refractivity contribution in [2.45, 2.75) is 38.3 Å². The molecular formula is C16H22N2O3. The van der Waals surface area contributed by atoms with Crippen molar-refractivity contribution in [3.63, 3.8) is 0 Å². The highest BCUT2D eigenvalue weighted by Gasteiger charge is 2.50. The molecule has 1 unspecified atom stereocenters. The molecule has 1 fully saturated rings. The molecule has 1 aromatic rings. The Morgan fingerprint density at radius 3 is 2.43 bits per heavy atom. The standard InChI is InChI=1S/C16H22N2O3/c1-15(2,21-4)10-11-18-14(20)17-13(19)16(18,3)12-8-6-5-7-9-12/h5-9H,10-11H2,1-4H3,(H,17,19,20). The number of ether oxygens (including phenoxy) is 1. The fourth-order valence-corrected chi connectivity index (χ4v) is 2.47. The average molecular weight is 290 g/mol. The van der Waals surface area contributed by atoms with Crippen LogP contribution in [0.2, 0.25) is 0 Å². The molecule has 0 spiro atoms. The molecule has 1 N–H and O–H groups in total. The van der Waals surface area contributed by atoms with Crippen molar-refractivity contribution >= 4 is 11.9 Å². The summed E-state index contributed by atoms with van der Waals surface area (Å²) in [4.78, 5) is 26.0. The molecule has 1 aliphatic heterocycles. The Morgan fingerprint density at radius 2 is 1.86 bits per heavy atom. The third-order valence-corrected chi connectivity index (χ3v) is 4.27. The summed E-state index contributed by atoms with van der Waals surface area (Å²) in [6.07, 6.45) is 0.645. The summed E-state index contributed by atoms with van der Waals surface area (Å²) in [5, 5.41) is 2.42. The van der Waals surface area contributed by atoms with Crippen LogP contribution in [0.4, 0.5) is 4.79 Å². The van der Waals surface area contributed by atoms with E-state index in [-0.39, 0.29) is 17.5 Å². The largest absolute Gasteiger partial charge is 0.379 e. The highest BCUT2D eigenvalue weighted by Crippen LogP contribution is 2.33. The zero-order valence-electron chi connectivity index (χ0n) is 13.0. The average Bonchev–Trinajstić information content (AvgIpc) is 2.69.